The van der Waals surface area contributed by atoms with E-state index >= 15 is 0 Å². The van der Waals surface area contributed by atoms with Crippen LogP contribution in [0, 0.1) is 27.7 Å². The van der Waals surface area contributed by atoms with Gasteiger partial charge in [0.2, 0.25) is 5.91 Å². The topological polar surface area (TPSA) is 84.7 Å². The number of nitrogens with one attached hydrogen (secondary N) is 2. The van der Waals surface area contributed by atoms with Crippen molar-refractivity contribution in [1.29, 1.82) is 0 Å². The third-order valence-electron chi connectivity index (χ3n) is 5.59. The lowest BCUT2D eigenvalue weighted by molar-refractivity contribution is -0.115. The van der Waals surface area contributed by atoms with Crippen LogP contribution in [0.25, 0.3) is 5.65 Å². The third-order valence-corrected chi connectivity index (χ3v) is 5.59. The number of hydrogen-bond donors (Lipinski definition) is 2. The number of aromatic nitrogens is 2. The molecule has 2 N–H and O–H groups in total. The summed E-state index contributed by atoms with van der Waals surface area (Å²) in [4.78, 5) is 29.9. The molecule has 4 rings (SSSR count). The number of rotatable bonds is 7. The van der Waals surface area contributed by atoms with Gasteiger partial charge < -0.3 is 19.8 Å². The molecular formula is C27H28N4O3. The van der Waals surface area contributed by atoms with Crippen molar-refractivity contribution in [2.45, 2.75) is 34.3 Å². The Morgan fingerprint density at radius 3 is 2.44 bits per heavy atom. The zero-order valence-electron chi connectivity index (χ0n) is 19.8. The average molecular weight is 457 g/mol. The zero-order valence-corrected chi connectivity index (χ0v) is 19.8. The van der Waals surface area contributed by atoms with Crippen LogP contribution in [0.2, 0.25) is 0 Å². The van der Waals surface area contributed by atoms with Crippen LogP contribution >= 0.6 is 0 Å². The SMILES string of the molecule is Cc1cc(C)c(NC(=O)CNC(=O)c2ccccc2OCc2cn3cccc(C)c3n2)c(C)c1. The number of fused-ring (bicyclic) bond motifs is 1. The lowest BCUT2D eigenvalue weighted by Crippen LogP contribution is -2.33. The van der Waals surface area contributed by atoms with Gasteiger partial charge in [-0.25, -0.2) is 4.98 Å². The minimum Gasteiger partial charge on any atom is -0.486 e. The molecule has 2 aromatic carbocycles. The maximum Gasteiger partial charge on any atom is 0.255 e. The van der Waals surface area contributed by atoms with Crippen molar-refractivity contribution in [2.75, 3.05) is 11.9 Å². The van der Waals surface area contributed by atoms with Crippen LogP contribution in [0.4, 0.5) is 5.69 Å². The van der Waals surface area contributed by atoms with Crippen molar-refractivity contribution in [3.63, 3.8) is 0 Å². The van der Waals surface area contributed by atoms with Gasteiger partial charge >= 0.3 is 0 Å². The molecule has 7 nitrogen and oxygen atoms in total. The summed E-state index contributed by atoms with van der Waals surface area (Å²) in [6, 6.07) is 15.0. The number of imidazole rings is 1. The van der Waals surface area contributed by atoms with Crippen molar-refractivity contribution >= 4 is 23.1 Å². The number of anilines is 1. The molecule has 174 valence electrons. The molecule has 2 heterocycles. The summed E-state index contributed by atoms with van der Waals surface area (Å²) in [5, 5.41) is 5.58. The van der Waals surface area contributed by atoms with E-state index in [9.17, 15) is 9.59 Å². The molecule has 0 aliphatic carbocycles. The van der Waals surface area contributed by atoms with E-state index in [-0.39, 0.29) is 25.0 Å². The number of ether oxygens (including phenoxy) is 1. The summed E-state index contributed by atoms with van der Waals surface area (Å²) in [6.07, 6.45) is 3.84. The van der Waals surface area contributed by atoms with E-state index in [2.05, 4.69) is 15.6 Å². The number of hydrogen-bond acceptors (Lipinski definition) is 4. The average Bonchev–Trinajstić information content (AvgIpc) is 3.23. The maximum atomic E-state index is 12.8. The van der Waals surface area contributed by atoms with Crippen molar-refractivity contribution < 1.29 is 14.3 Å². The Kier molecular flexibility index (Phi) is 6.63. The molecule has 0 fully saturated rings. The monoisotopic (exact) mass is 456 g/mol. The van der Waals surface area contributed by atoms with Gasteiger partial charge in [-0.1, -0.05) is 35.9 Å². The van der Waals surface area contributed by atoms with Gasteiger partial charge in [-0.3, -0.25) is 9.59 Å². The predicted molar refractivity (Wildman–Crippen MR) is 132 cm³/mol. The Morgan fingerprint density at radius 1 is 0.971 bits per heavy atom. The highest BCUT2D eigenvalue weighted by molar-refractivity contribution is 6.01. The van der Waals surface area contributed by atoms with E-state index in [1.807, 2.05) is 68.8 Å². The molecule has 34 heavy (non-hydrogen) atoms. The smallest absolute Gasteiger partial charge is 0.255 e. The van der Waals surface area contributed by atoms with Gasteiger partial charge in [-0.05, 0) is 62.6 Å². The van der Waals surface area contributed by atoms with Gasteiger partial charge in [0, 0.05) is 18.1 Å². The van der Waals surface area contributed by atoms with E-state index in [1.165, 1.54) is 0 Å². The van der Waals surface area contributed by atoms with E-state index in [1.54, 1.807) is 24.3 Å². The fourth-order valence-corrected chi connectivity index (χ4v) is 4.02. The predicted octanol–water partition coefficient (Wildman–Crippen LogP) is 4.52. The number of aryl methyl sites for hydroxylation is 4. The third kappa shape index (κ3) is 5.09. The van der Waals surface area contributed by atoms with E-state index < -0.39 is 0 Å². The van der Waals surface area contributed by atoms with Crippen LogP contribution in [0.3, 0.4) is 0 Å². The summed E-state index contributed by atoms with van der Waals surface area (Å²) in [5.74, 6) is -0.241. The number of amides is 2. The molecule has 0 radical (unpaired) electrons. The van der Waals surface area contributed by atoms with E-state index in [0.717, 1.165) is 39.3 Å². The minimum atomic E-state index is -0.381. The van der Waals surface area contributed by atoms with E-state index in [0.29, 0.717) is 11.3 Å². The van der Waals surface area contributed by atoms with Crippen molar-refractivity contribution in [2.24, 2.45) is 0 Å². The quantitative estimate of drug-likeness (QED) is 0.428. The summed E-state index contributed by atoms with van der Waals surface area (Å²) >= 11 is 0. The van der Waals surface area contributed by atoms with Gasteiger partial charge in [0.05, 0.1) is 17.8 Å². The molecule has 0 saturated carbocycles. The normalized spacial score (nSPS) is 10.8. The Labute approximate surface area is 198 Å². The number of carbonyl (C=O) groups is 2. The first-order valence-corrected chi connectivity index (χ1v) is 11.1. The van der Waals surface area contributed by atoms with Gasteiger partial charge in [0.25, 0.3) is 5.91 Å². The van der Waals surface area contributed by atoms with Gasteiger partial charge in [0.1, 0.15) is 18.0 Å². The first-order valence-electron chi connectivity index (χ1n) is 11.1. The summed E-state index contributed by atoms with van der Waals surface area (Å²) in [5.41, 5.74) is 6.94. The molecule has 0 saturated heterocycles. The molecule has 7 heteroatoms. The van der Waals surface area contributed by atoms with Crippen LogP contribution in [-0.2, 0) is 11.4 Å². The second-order valence-electron chi connectivity index (χ2n) is 8.44. The number of carbonyl (C=O) groups excluding carboxylic acids is 2. The van der Waals surface area contributed by atoms with Crippen molar-refractivity contribution in [3.05, 3.63) is 94.4 Å². The Bertz CT molecular complexity index is 1350. The highest BCUT2D eigenvalue weighted by atomic mass is 16.5. The summed E-state index contributed by atoms with van der Waals surface area (Å²) < 4.78 is 7.87. The molecule has 4 aromatic rings. The molecule has 2 aromatic heterocycles. The number of benzene rings is 2. The van der Waals surface area contributed by atoms with Crippen LogP contribution < -0.4 is 15.4 Å². The molecule has 0 unspecified atom stereocenters. The fourth-order valence-electron chi connectivity index (χ4n) is 4.02. The second kappa shape index (κ2) is 9.79. The highest BCUT2D eigenvalue weighted by Crippen LogP contribution is 2.22. The van der Waals surface area contributed by atoms with Crippen LogP contribution in [0.15, 0.2) is 60.9 Å². The fraction of sp³-hybridized carbons (Fsp3) is 0.222. The van der Waals surface area contributed by atoms with Gasteiger partial charge in [-0.15, -0.1) is 0 Å². The molecular weight excluding hydrogens is 428 g/mol. The molecule has 0 bridgehead atoms. The molecule has 0 aliphatic rings. The lowest BCUT2D eigenvalue weighted by Gasteiger charge is -2.14. The zero-order chi connectivity index (χ0) is 24.2. The second-order valence-corrected chi connectivity index (χ2v) is 8.44. The highest BCUT2D eigenvalue weighted by Gasteiger charge is 2.15. The van der Waals surface area contributed by atoms with Crippen LogP contribution in [0.5, 0.6) is 5.75 Å². The molecule has 0 aliphatic heterocycles. The van der Waals surface area contributed by atoms with E-state index in [4.69, 9.17) is 4.74 Å². The molecule has 0 atom stereocenters. The minimum absolute atomic E-state index is 0.147. The van der Waals surface area contributed by atoms with Crippen molar-refractivity contribution in [1.82, 2.24) is 14.7 Å². The number of pyridine rings is 1. The number of nitrogens with zero attached hydrogens (tertiary/aromatic N) is 2. The Hall–Kier alpha value is -4.13. The van der Waals surface area contributed by atoms with Crippen LogP contribution in [0.1, 0.15) is 38.3 Å². The Balaban J connectivity index is 1.39. The first-order chi connectivity index (χ1) is 16.3. The Morgan fingerprint density at radius 2 is 1.71 bits per heavy atom. The largest absolute Gasteiger partial charge is 0.486 e. The standard InChI is InChI=1S/C27H28N4O3/c1-17-12-19(3)25(20(4)13-17)30-24(32)14-28-27(33)22-9-5-6-10-23(22)34-16-21-15-31-11-7-8-18(2)26(31)29-21/h5-13,15H,14,16H2,1-4H3,(H,28,33)(H,30,32). The van der Waals surface area contributed by atoms with Crippen LogP contribution in [-0.4, -0.2) is 27.7 Å². The van der Waals surface area contributed by atoms with Gasteiger partial charge in [-0.2, -0.15) is 0 Å². The molecule has 0 spiro atoms. The summed E-state index contributed by atoms with van der Waals surface area (Å²) in [6.45, 7) is 7.99. The molecule has 2 amide bonds. The summed E-state index contributed by atoms with van der Waals surface area (Å²) in [7, 11) is 0. The first kappa shape index (κ1) is 23.0. The van der Waals surface area contributed by atoms with Gasteiger partial charge in [0.15, 0.2) is 0 Å². The number of para-hydroxylation sites is 1. The lowest BCUT2D eigenvalue weighted by atomic mass is 10.1. The maximum absolute atomic E-state index is 12.8. The van der Waals surface area contributed by atoms with Crippen molar-refractivity contribution in [3.8, 4) is 5.75 Å².